The molecule has 0 bridgehead atoms. The van der Waals surface area contributed by atoms with Gasteiger partial charge in [0.15, 0.2) is 5.82 Å². The topological polar surface area (TPSA) is 106 Å². The highest BCUT2D eigenvalue weighted by Crippen LogP contribution is 2.31. The fourth-order valence-electron chi connectivity index (χ4n) is 4.52. The number of nitrogens with one attached hydrogen (secondary N) is 2. The lowest BCUT2D eigenvalue weighted by Crippen LogP contribution is -2.57. The Kier molecular flexibility index (Phi) is 6.14. The average molecular weight is 536 g/mol. The van der Waals surface area contributed by atoms with Crippen molar-refractivity contribution in [2.45, 2.75) is 19.1 Å². The molecule has 0 saturated carbocycles. The van der Waals surface area contributed by atoms with Gasteiger partial charge in [0.25, 0.3) is 0 Å². The minimum absolute atomic E-state index is 0.172. The van der Waals surface area contributed by atoms with Crippen LogP contribution in [0.25, 0.3) is 22.1 Å². The summed E-state index contributed by atoms with van der Waals surface area (Å²) in [5, 5.41) is 5.75. The smallest absolute Gasteiger partial charge is 0.405 e. The summed E-state index contributed by atoms with van der Waals surface area (Å²) in [6, 6.07) is 9.71. The Labute approximate surface area is 220 Å². The van der Waals surface area contributed by atoms with Crippen LogP contribution in [0.3, 0.4) is 0 Å². The molecule has 5 aromatic rings. The standard InChI is InChI=1S/C26H24F3N9O/c1-15-9-16(3-6-21(15)39-17-4-5-20-18(10-17)34-14-37(20)2)35-24-23-19(32-13-33-24)11-31-25(36-23)38-8-7-30-22(12-38)26(27,28)29/h3-6,9-11,13-14,22,30H,7-8,12H2,1-2H3,(H,32,33,35)/t22-/m0/s1. The van der Waals surface area contributed by atoms with E-state index in [4.69, 9.17) is 4.74 Å². The molecular weight excluding hydrogens is 511 g/mol. The van der Waals surface area contributed by atoms with Crippen LogP contribution in [-0.2, 0) is 7.05 Å². The lowest BCUT2D eigenvalue weighted by atomic mass is 10.2. The van der Waals surface area contributed by atoms with Crippen LogP contribution in [0, 0.1) is 6.92 Å². The van der Waals surface area contributed by atoms with Gasteiger partial charge in [-0.15, -0.1) is 0 Å². The number of piperazine rings is 1. The second-order valence-corrected chi connectivity index (χ2v) is 9.33. The van der Waals surface area contributed by atoms with Crippen molar-refractivity contribution in [3.05, 3.63) is 60.8 Å². The van der Waals surface area contributed by atoms with E-state index in [0.29, 0.717) is 34.9 Å². The number of nitrogens with zero attached hydrogens (tertiary/aromatic N) is 7. The Balaban J connectivity index is 1.23. The second-order valence-electron chi connectivity index (χ2n) is 9.33. The number of anilines is 3. The Bertz CT molecular complexity index is 1670. The summed E-state index contributed by atoms with van der Waals surface area (Å²) in [6.07, 6.45) is 0.282. The molecule has 1 fully saturated rings. The predicted octanol–water partition coefficient (Wildman–Crippen LogP) is 4.49. The third-order valence-corrected chi connectivity index (χ3v) is 6.58. The first kappa shape index (κ1) is 24.8. The van der Waals surface area contributed by atoms with Gasteiger partial charge in [-0.3, -0.25) is 0 Å². The van der Waals surface area contributed by atoms with E-state index in [2.05, 4.69) is 35.6 Å². The summed E-state index contributed by atoms with van der Waals surface area (Å²) in [7, 11) is 1.94. The van der Waals surface area contributed by atoms with Crippen LogP contribution in [-0.4, -0.2) is 61.3 Å². The first-order chi connectivity index (χ1) is 18.7. The molecule has 200 valence electrons. The van der Waals surface area contributed by atoms with Gasteiger partial charge in [0, 0.05) is 38.4 Å². The number of alkyl halides is 3. The highest BCUT2D eigenvalue weighted by atomic mass is 19.4. The molecule has 4 heterocycles. The van der Waals surface area contributed by atoms with E-state index in [-0.39, 0.29) is 19.0 Å². The van der Waals surface area contributed by atoms with Gasteiger partial charge in [0.2, 0.25) is 5.95 Å². The van der Waals surface area contributed by atoms with E-state index in [1.807, 2.05) is 54.9 Å². The van der Waals surface area contributed by atoms with Crippen molar-refractivity contribution in [2.24, 2.45) is 7.05 Å². The number of benzene rings is 2. The lowest BCUT2D eigenvalue weighted by molar-refractivity contribution is -0.155. The number of imidazole rings is 1. The van der Waals surface area contributed by atoms with Gasteiger partial charge in [-0.05, 0) is 42.8 Å². The minimum Gasteiger partial charge on any atom is -0.457 e. The van der Waals surface area contributed by atoms with E-state index < -0.39 is 12.2 Å². The van der Waals surface area contributed by atoms with Gasteiger partial charge in [0.05, 0.1) is 23.6 Å². The number of rotatable bonds is 5. The van der Waals surface area contributed by atoms with Gasteiger partial charge >= 0.3 is 6.18 Å². The molecule has 6 rings (SSSR count). The quantitative estimate of drug-likeness (QED) is 0.337. The molecular formula is C26H24F3N9O. The first-order valence-electron chi connectivity index (χ1n) is 12.2. The van der Waals surface area contributed by atoms with Crippen molar-refractivity contribution in [1.82, 2.24) is 34.8 Å². The Morgan fingerprint density at radius 1 is 1.05 bits per heavy atom. The second kappa shape index (κ2) is 9.66. The van der Waals surface area contributed by atoms with E-state index in [1.165, 1.54) is 17.4 Å². The van der Waals surface area contributed by atoms with Crippen LogP contribution in [0.2, 0.25) is 0 Å². The van der Waals surface area contributed by atoms with Gasteiger partial charge < -0.3 is 24.8 Å². The van der Waals surface area contributed by atoms with Crippen molar-refractivity contribution < 1.29 is 17.9 Å². The van der Waals surface area contributed by atoms with E-state index in [0.717, 1.165) is 22.3 Å². The molecule has 1 aliphatic heterocycles. The number of hydrogen-bond acceptors (Lipinski definition) is 9. The minimum atomic E-state index is -4.36. The fourth-order valence-corrected chi connectivity index (χ4v) is 4.52. The lowest BCUT2D eigenvalue weighted by Gasteiger charge is -2.34. The third-order valence-electron chi connectivity index (χ3n) is 6.58. The van der Waals surface area contributed by atoms with Crippen LogP contribution in [0.5, 0.6) is 11.5 Å². The molecule has 2 N–H and O–H groups in total. The molecule has 13 heteroatoms. The fraction of sp³-hybridized carbons (Fsp3) is 0.269. The number of aromatic nitrogens is 6. The molecule has 0 spiro atoms. The maximum Gasteiger partial charge on any atom is 0.405 e. The Morgan fingerprint density at radius 2 is 1.92 bits per heavy atom. The summed E-state index contributed by atoms with van der Waals surface area (Å²) in [5.74, 6) is 1.98. The van der Waals surface area contributed by atoms with Gasteiger partial charge in [0.1, 0.15) is 34.9 Å². The zero-order valence-electron chi connectivity index (χ0n) is 21.1. The summed E-state index contributed by atoms with van der Waals surface area (Å²) in [6.45, 7) is 2.17. The number of aryl methyl sites for hydroxylation is 2. The molecule has 1 saturated heterocycles. The maximum atomic E-state index is 13.3. The number of ether oxygens (including phenoxy) is 1. The summed E-state index contributed by atoms with van der Waals surface area (Å²) in [4.78, 5) is 23.2. The Morgan fingerprint density at radius 3 is 2.74 bits per heavy atom. The van der Waals surface area contributed by atoms with Gasteiger partial charge in [-0.25, -0.2) is 24.9 Å². The average Bonchev–Trinajstić information content (AvgIpc) is 3.29. The monoisotopic (exact) mass is 535 g/mol. The van der Waals surface area contributed by atoms with Crippen molar-refractivity contribution in [3.63, 3.8) is 0 Å². The highest BCUT2D eigenvalue weighted by molar-refractivity contribution is 5.87. The molecule has 0 aliphatic carbocycles. The molecule has 1 aliphatic rings. The largest absolute Gasteiger partial charge is 0.457 e. The van der Waals surface area contributed by atoms with Crippen LogP contribution in [0.15, 0.2) is 55.2 Å². The SMILES string of the molecule is Cc1cc(Nc2ncnc3cnc(N4CCN[C@H](C(F)(F)F)C4)nc23)ccc1Oc1ccc2c(c1)ncn2C. The van der Waals surface area contributed by atoms with Crippen LogP contribution in [0.1, 0.15) is 5.56 Å². The predicted molar refractivity (Wildman–Crippen MR) is 140 cm³/mol. The summed E-state index contributed by atoms with van der Waals surface area (Å²) in [5.41, 5.74) is 4.36. The van der Waals surface area contributed by atoms with Crippen molar-refractivity contribution >= 4 is 39.5 Å². The maximum absolute atomic E-state index is 13.3. The van der Waals surface area contributed by atoms with E-state index >= 15 is 0 Å². The zero-order chi connectivity index (χ0) is 27.1. The third kappa shape index (κ3) is 5.00. The summed E-state index contributed by atoms with van der Waals surface area (Å²) < 4.78 is 47.8. The van der Waals surface area contributed by atoms with Crippen LogP contribution < -0.4 is 20.3 Å². The summed E-state index contributed by atoms with van der Waals surface area (Å²) >= 11 is 0. The highest BCUT2D eigenvalue weighted by Gasteiger charge is 2.42. The van der Waals surface area contributed by atoms with E-state index in [9.17, 15) is 13.2 Å². The van der Waals surface area contributed by atoms with Crippen LogP contribution in [0.4, 0.5) is 30.6 Å². The first-order valence-corrected chi connectivity index (χ1v) is 12.2. The van der Waals surface area contributed by atoms with Crippen molar-refractivity contribution in [3.8, 4) is 11.5 Å². The molecule has 1 atom stereocenters. The van der Waals surface area contributed by atoms with Gasteiger partial charge in [-0.1, -0.05) is 0 Å². The molecule has 0 unspecified atom stereocenters. The number of hydrogen-bond donors (Lipinski definition) is 2. The van der Waals surface area contributed by atoms with E-state index in [1.54, 1.807) is 6.33 Å². The molecule has 39 heavy (non-hydrogen) atoms. The van der Waals surface area contributed by atoms with Crippen molar-refractivity contribution in [2.75, 3.05) is 29.9 Å². The number of halogens is 3. The molecule has 3 aromatic heterocycles. The molecule has 0 radical (unpaired) electrons. The van der Waals surface area contributed by atoms with Gasteiger partial charge in [-0.2, -0.15) is 13.2 Å². The molecule has 10 nitrogen and oxygen atoms in total. The van der Waals surface area contributed by atoms with Crippen LogP contribution >= 0.6 is 0 Å². The van der Waals surface area contributed by atoms with Crippen molar-refractivity contribution in [1.29, 1.82) is 0 Å². The molecule has 0 amide bonds. The zero-order valence-corrected chi connectivity index (χ0v) is 21.1. The Hall–Kier alpha value is -4.52. The normalized spacial score (nSPS) is 16.1. The number of fused-ring (bicyclic) bond motifs is 2. The molecule has 2 aromatic carbocycles.